The van der Waals surface area contributed by atoms with Gasteiger partial charge in [0.2, 0.25) is 0 Å². The van der Waals surface area contributed by atoms with E-state index in [9.17, 15) is 4.79 Å². The van der Waals surface area contributed by atoms with E-state index in [1.54, 1.807) is 31.2 Å². The fourth-order valence-electron chi connectivity index (χ4n) is 1.62. The highest BCUT2D eigenvalue weighted by Crippen LogP contribution is 2.21. The van der Waals surface area contributed by atoms with Gasteiger partial charge in [0.25, 0.3) is 5.91 Å². The predicted molar refractivity (Wildman–Crippen MR) is 76.8 cm³/mol. The van der Waals surface area contributed by atoms with Crippen LogP contribution in [0.25, 0.3) is 0 Å². The third kappa shape index (κ3) is 3.41. The molecule has 1 aromatic carbocycles. The van der Waals surface area contributed by atoms with Crippen molar-refractivity contribution in [1.29, 1.82) is 0 Å². The normalized spacial score (nSPS) is 9.75. The summed E-state index contributed by atoms with van der Waals surface area (Å²) in [6, 6.07) is 6.59. The Bertz CT molecular complexity index is 695. The molecule has 0 saturated carbocycles. The molecule has 0 atom stereocenters. The minimum atomic E-state index is -0.309. The van der Waals surface area contributed by atoms with Crippen LogP contribution in [0, 0.1) is 18.8 Å². The molecular formula is C15H12ClNO3. The van der Waals surface area contributed by atoms with Crippen LogP contribution in [0.3, 0.4) is 0 Å². The van der Waals surface area contributed by atoms with Crippen LogP contribution in [-0.4, -0.2) is 17.6 Å². The van der Waals surface area contributed by atoms with Gasteiger partial charge in [-0.1, -0.05) is 23.4 Å². The molecule has 2 aromatic rings. The molecule has 2 N–H and O–H groups in total. The van der Waals surface area contributed by atoms with Crippen molar-refractivity contribution in [3.05, 3.63) is 52.4 Å². The Morgan fingerprint density at radius 2 is 2.25 bits per heavy atom. The van der Waals surface area contributed by atoms with Gasteiger partial charge >= 0.3 is 0 Å². The lowest BCUT2D eigenvalue weighted by Crippen LogP contribution is -2.12. The van der Waals surface area contributed by atoms with E-state index in [4.69, 9.17) is 21.1 Å². The lowest BCUT2D eigenvalue weighted by atomic mass is 10.1. The molecule has 102 valence electrons. The predicted octanol–water partition coefficient (Wildman–Crippen LogP) is 2.84. The number of halogens is 1. The third-order valence-electron chi connectivity index (χ3n) is 2.52. The maximum atomic E-state index is 12.1. The Hall–Kier alpha value is -2.22. The molecule has 0 bridgehead atoms. The molecule has 20 heavy (non-hydrogen) atoms. The van der Waals surface area contributed by atoms with Crippen LogP contribution in [0.2, 0.25) is 5.02 Å². The Kier molecular flexibility index (Phi) is 4.46. The van der Waals surface area contributed by atoms with E-state index in [0.29, 0.717) is 27.6 Å². The number of hydrogen-bond donors (Lipinski definition) is 2. The van der Waals surface area contributed by atoms with Gasteiger partial charge in [-0.2, -0.15) is 0 Å². The van der Waals surface area contributed by atoms with Crippen LogP contribution in [0.1, 0.15) is 21.7 Å². The summed E-state index contributed by atoms with van der Waals surface area (Å²) in [7, 11) is 0. The Labute approximate surface area is 121 Å². The molecule has 1 amide bonds. The first-order valence-corrected chi connectivity index (χ1v) is 6.23. The number of rotatable bonds is 2. The summed E-state index contributed by atoms with van der Waals surface area (Å²) < 4.78 is 5.09. The van der Waals surface area contributed by atoms with Gasteiger partial charge in [0, 0.05) is 10.6 Å². The second-order valence-corrected chi connectivity index (χ2v) is 4.49. The number of aliphatic hydroxyl groups is 1. The minimum absolute atomic E-state index is 0.253. The average Bonchev–Trinajstić information content (AvgIpc) is 2.85. The van der Waals surface area contributed by atoms with Gasteiger partial charge in [-0.25, -0.2) is 0 Å². The van der Waals surface area contributed by atoms with Crippen molar-refractivity contribution in [2.45, 2.75) is 6.92 Å². The van der Waals surface area contributed by atoms with E-state index < -0.39 is 0 Å². The van der Waals surface area contributed by atoms with Crippen LogP contribution in [-0.2, 0) is 0 Å². The number of aliphatic hydroxyl groups excluding tert-OH is 1. The van der Waals surface area contributed by atoms with Crippen LogP contribution in [0.15, 0.2) is 34.9 Å². The van der Waals surface area contributed by atoms with Gasteiger partial charge in [0.15, 0.2) is 0 Å². The zero-order valence-electron chi connectivity index (χ0n) is 10.7. The highest BCUT2D eigenvalue weighted by molar-refractivity contribution is 6.31. The number of furan rings is 1. The Morgan fingerprint density at radius 1 is 1.45 bits per heavy atom. The number of nitrogens with one attached hydrogen (secondary N) is 1. The van der Waals surface area contributed by atoms with E-state index in [2.05, 4.69) is 17.2 Å². The highest BCUT2D eigenvalue weighted by Gasteiger charge is 2.11. The summed E-state index contributed by atoms with van der Waals surface area (Å²) in [4.78, 5) is 12.1. The average molecular weight is 290 g/mol. The zero-order valence-corrected chi connectivity index (χ0v) is 11.5. The summed E-state index contributed by atoms with van der Waals surface area (Å²) in [5, 5.41) is 11.9. The maximum Gasteiger partial charge on any atom is 0.258 e. The molecule has 0 aliphatic rings. The molecule has 0 saturated heterocycles. The molecule has 5 heteroatoms. The molecule has 4 nitrogen and oxygen atoms in total. The van der Waals surface area contributed by atoms with Gasteiger partial charge in [-0.05, 0) is 31.2 Å². The zero-order chi connectivity index (χ0) is 14.5. The molecular weight excluding hydrogens is 278 g/mol. The van der Waals surface area contributed by atoms with E-state index >= 15 is 0 Å². The number of aryl methyl sites for hydroxylation is 1. The largest absolute Gasteiger partial charge is 0.469 e. The van der Waals surface area contributed by atoms with Crippen molar-refractivity contribution in [2.24, 2.45) is 0 Å². The standard InChI is InChI=1S/C15H12ClNO3/c1-10-7-12(9-20-10)15(19)17-14-8-13(16)5-4-11(14)3-2-6-18/h4-5,7-9,18H,6H2,1H3,(H,17,19). The van der Waals surface area contributed by atoms with Crippen molar-refractivity contribution in [3.63, 3.8) is 0 Å². The summed E-state index contributed by atoms with van der Waals surface area (Å²) >= 11 is 5.92. The van der Waals surface area contributed by atoms with Gasteiger partial charge in [-0.15, -0.1) is 0 Å². The molecule has 1 aromatic heterocycles. The molecule has 0 aliphatic heterocycles. The first-order chi connectivity index (χ1) is 9.60. The van der Waals surface area contributed by atoms with Crippen LogP contribution < -0.4 is 5.32 Å². The number of carbonyl (C=O) groups excluding carboxylic acids is 1. The van der Waals surface area contributed by atoms with Crippen molar-refractivity contribution in [2.75, 3.05) is 11.9 Å². The quantitative estimate of drug-likeness (QED) is 0.836. The molecule has 1 heterocycles. The monoisotopic (exact) mass is 289 g/mol. The van der Waals surface area contributed by atoms with Gasteiger partial charge in [0.05, 0.1) is 11.3 Å². The van der Waals surface area contributed by atoms with Crippen molar-refractivity contribution >= 4 is 23.2 Å². The van der Waals surface area contributed by atoms with Crippen LogP contribution >= 0.6 is 11.6 Å². The van der Waals surface area contributed by atoms with Gasteiger partial charge < -0.3 is 14.8 Å². The first-order valence-electron chi connectivity index (χ1n) is 5.86. The second kappa shape index (κ2) is 6.29. The molecule has 0 spiro atoms. The van der Waals surface area contributed by atoms with Gasteiger partial charge in [0.1, 0.15) is 18.6 Å². The summed E-state index contributed by atoms with van der Waals surface area (Å²) in [6.45, 7) is 1.51. The summed E-state index contributed by atoms with van der Waals surface area (Å²) in [5.74, 6) is 5.63. The van der Waals surface area contributed by atoms with E-state index in [1.165, 1.54) is 6.26 Å². The fourth-order valence-corrected chi connectivity index (χ4v) is 1.79. The third-order valence-corrected chi connectivity index (χ3v) is 2.76. The Balaban J connectivity index is 2.28. The highest BCUT2D eigenvalue weighted by atomic mass is 35.5. The minimum Gasteiger partial charge on any atom is -0.469 e. The molecule has 0 unspecified atom stereocenters. The molecule has 0 radical (unpaired) electrons. The number of anilines is 1. The topological polar surface area (TPSA) is 62.5 Å². The lowest BCUT2D eigenvalue weighted by molar-refractivity contribution is 0.102. The van der Waals surface area contributed by atoms with E-state index in [0.717, 1.165) is 0 Å². The summed E-state index contributed by atoms with van der Waals surface area (Å²) in [5.41, 5.74) is 1.49. The van der Waals surface area contributed by atoms with Crippen molar-refractivity contribution in [1.82, 2.24) is 0 Å². The molecule has 0 fully saturated rings. The Morgan fingerprint density at radius 3 is 2.90 bits per heavy atom. The van der Waals surface area contributed by atoms with Crippen molar-refractivity contribution in [3.8, 4) is 11.8 Å². The summed E-state index contributed by atoms with van der Waals surface area (Å²) in [6.07, 6.45) is 1.38. The first kappa shape index (κ1) is 14.2. The second-order valence-electron chi connectivity index (χ2n) is 4.05. The van der Waals surface area contributed by atoms with Crippen LogP contribution in [0.5, 0.6) is 0 Å². The molecule has 0 aliphatic carbocycles. The lowest BCUT2D eigenvalue weighted by Gasteiger charge is -2.07. The van der Waals surface area contributed by atoms with E-state index in [-0.39, 0.29) is 12.5 Å². The maximum absolute atomic E-state index is 12.1. The number of carbonyl (C=O) groups is 1. The van der Waals surface area contributed by atoms with E-state index in [1.807, 2.05) is 0 Å². The van der Waals surface area contributed by atoms with Crippen LogP contribution in [0.4, 0.5) is 5.69 Å². The number of benzene rings is 1. The number of hydrogen-bond acceptors (Lipinski definition) is 3. The SMILES string of the molecule is Cc1cc(C(=O)Nc2cc(Cl)ccc2C#CCO)co1. The molecule has 2 rings (SSSR count). The number of amides is 1. The fraction of sp³-hybridized carbons (Fsp3) is 0.133. The van der Waals surface area contributed by atoms with Gasteiger partial charge in [-0.3, -0.25) is 4.79 Å². The van der Waals surface area contributed by atoms with Crippen molar-refractivity contribution < 1.29 is 14.3 Å². The smallest absolute Gasteiger partial charge is 0.258 e.